The Morgan fingerprint density at radius 1 is 1.23 bits per heavy atom. The highest BCUT2D eigenvalue weighted by Crippen LogP contribution is 2.09. The van der Waals surface area contributed by atoms with E-state index in [4.69, 9.17) is 21.4 Å². The molecular weight excluding hydrogens is 328 g/mol. The van der Waals surface area contributed by atoms with Gasteiger partial charge in [0.1, 0.15) is 5.15 Å². The topological polar surface area (TPSA) is 99.9 Å². The second-order valence-corrected chi connectivity index (χ2v) is 6.15. The van der Waals surface area contributed by atoms with Crippen LogP contribution >= 0.6 is 11.6 Å². The number of hydrogen-bond donors (Lipinski definition) is 2. The molecule has 6 nitrogen and oxygen atoms in total. The predicted molar refractivity (Wildman–Crippen MR) is 84.2 cm³/mol. The summed E-state index contributed by atoms with van der Waals surface area (Å²) < 4.78 is 29.6. The van der Waals surface area contributed by atoms with Gasteiger partial charge in [0.2, 0.25) is 0 Å². The summed E-state index contributed by atoms with van der Waals surface area (Å²) in [5.74, 6) is 0. The fourth-order valence-electron chi connectivity index (χ4n) is 1.40. The van der Waals surface area contributed by atoms with E-state index < -0.39 is 10.1 Å². The predicted octanol–water partition coefficient (Wildman–Crippen LogP) is 3.17. The molecule has 1 aromatic heterocycles. The summed E-state index contributed by atoms with van der Waals surface area (Å²) in [6, 6.07) is 9.35. The first kappa shape index (κ1) is 18.1. The number of halogens is 1. The molecular formula is C14H15ClN2O4S. The molecule has 0 aliphatic rings. The normalized spacial score (nSPS) is 11.5. The fraction of sp³-hybridized carbons (Fsp3) is 0.143. The average Bonchev–Trinajstić information content (AvgIpc) is 2.46. The summed E-state index contributed by atoms with van der Waals surface area (Å²) in [5, 5.41) is 11.8. The molecule has 0 saturated heterocycles. The van der Waals surface area contributed by atoms with Crippen molar-refractivity contribution in [3.05, 3.63) is 58.9 Å². The van der Waals surface area contributed by atoms with Crippen LogP contribution in [0.15, 0.2) is 52.6 Å². The van der Waals surface area contributed by atoms with Crippen LogP contribution in [0.5, 0.6) is 0 Å². The van der Waals surface area contributed by atoms with Crippen molar-refractivity contribution in [3.63, 3.8) is 0 Å². The second-order valence-electron chi connectivity index (χ2n) is 4.34. The number of hydrogen-bond acceptors (Lipinski definition) is 5. The van der Waals surface area contributed by atoms with E-state index in [-0.39, 0.29) is 4.90 Å². The van der Waals surface area contributed by atoms with E-state index >= 15 is 0 Å². The van der Waals surface area contributed by atoms with Crippen molar-refractivity contribution < 1.29 is 18.2 Å². The van der Waals surface area contributed by atoms with Gasteiger partial charge in [0.05, 0.1) is 10.6 Å². The summed E-state index contributed by atoms with van der Waals surface area (Å²) in [6.07, 6.45) is 1.56. The van der Waals surface area contributed by atoms with E-state index in [2.05, 4.69) is 10.1 Å². The maximum Gasteiger partial charge on any atom is 0.294 e. The van der Waals surface area contributed by atoms with Crippen molar-refractivity contribution in [3.8, 4) is 0 Å². The molecule has 1 aromatic carbocycles. The Morgan fingerprint density at radius 2 is 1.82 bits per heavy atom. The van der Waals surface area contributed by atoms with Crippen molar-refractivity contribution >= 4 is 27.4 Å². The molecule has 22 heavy (non-hydrogen) atoms. The monoisotopic (exact) mass is 342 g/mol. The lowest BCUT2D eigenvalue weighted by Gasteiger charge is -1.96. The van der Waals surface area contributed by atoms with Gasteiger partial charge in [-0.2, -0.15) is 8.42 Å². The minimum atomic E-state index is -4.02. The van der Waals surface area contributed by atoms with Crippen molar-refractivity contribution in [2.75, 3.05) is 0 Å². The van der Waals surface area contributed by atoms with Gasteiger partial charge in [0.15, 0.2) is 0 Å². The Bertz CT molecular complexity index is 759. The summed E-state index contributed by atoms with van der Waals surface area (Å²) in [7, 11) is -4.02. The number of rotatable bonds is 2. The molecule has 0 aliphatic carbocycles. The number of aromatic nitrogens is 1. The Labute approximate surface area is 133 Å². The molecule has 0 aliphatic heterocycles. The molecule has 0 bridgehead atoms. The third-order valence-electron chi connectivity index (χ3n) is 2.61. The largest absolute Gasteiger partial charge is 0.411 e. The molecule has 2 N–H and O–H groups in total. The van der Waals surface area contributed by atoms with Crippen LogP contribution in [0.3, 0.4) is 0 Å². The first-order valence-corrected chi connectivity index (χ1v) is 7.90. The van der Waals surface area contributed by atoms with Gasteiger partial charge in [-0.3, -0.25) is 4.55 Å². The molecule has 0 saturated carbocycles. The van der Waals surface area contributed by atoms with E-state index in [0.717, 1.165) is 11.1 Å². The lowest BCUT2D eigenvalue weighted by molar-refractivity contribution is 0.319. The second kappa shape index (κ2) is 7.88. The van der Waals surface area contributed by atoms with E-state index in [1.54, 1.807) is 37.4 Å². The van der Waals surface area contributed by atoms with Crippen LogP contribution in [0.1, 0.15) is 18.1 Å². The van der Waals surface area contributed by atoms with Crippen molar-refractivity contribution in [1.29, 1.82) is 0 Å². The van der Waals surface area contributed by atoms with Crippen LogP contribution in [0.4, 0.5) is 0 Å². The van der Waals surface area contributed by atoms with Gasteiger partial charge >= 0.3 is 0 Å². The van der Waals surface area contributed by atoms with Crippen LogP contribution in [0.25, 0.3) is 0 Å². The molecule has 0 fully saturated rings. The lowest BCUT2D eigenvalue weighted by Crippen LogP contribution is -1.96. The minimum absolute atomic E-state index is 0.0666. The third-order valence-corrected chi connectivity index (χ3v) is 3.69. The number of nitrogens with zero attached hydrogens (tertiary/aromatic N) is 2. The van der Waals surface area contributed by atoms with Gasteiger partial charge in [-0.1, -0.05) is 34.5 Å². The van der Waals surface area contributed by atoms with Gasteiger partial charge in [0.25, 0.3) is 10.1 Å². The van der Waals surface area contributed by atoms with Crippen LogP contribution in [-0.4, -0.2) is 28.9 Å². The van der Waals surface area contributed by atoms with E-state index in [1.807, 2.05) is 6.92 Å². The highest BCUT2D eigenvalue weighted by molar-refractivity contribution is 7.85. The maximum atomic E-state index is 10.5. The average molecular weight is 343 g/mol. The highest BCUT2D eigenvalue weighted by Gasteiger charge is 2.06. The van der Waals surface area contributed by atoms with Gasteiger partial charge in [-0.05, 0) is 38.1 Å². The summed E-state index contributed by atoms with van der Waals surface area (Å²) in [4.78, 5) is 3.72. The standard InChI is InChI=1S/C7H7ClN2O.C7H8O3S/c1-5(10-11)6-2-3-9-7(8)4-6;1-6-2-4-7(5-3-6)11(8,9)10/h2-4,11H,1H3;2-5H,1H3,(H,8,9,10)/b10-5+;. The lowest BCUT2D eigenvalue weighted by atomic mass is 10.2. The molecule has 0 radical (unpaired) electrons. The summed E-state index contributed by atoms with van der Waals surface area (Å²) in [6.45, 7) is 3.53. The molecule has 0 atom stereocenters. The fourth-order valence-corrected chi connectivity index (χ4v) is 2.05. The third kappa shape index (κ3) is 5.80. The summed E-state index contributed by atoms with van der Waals surface area (Å²) >= 11 is 5.60. The first-order valence-electron chi connectivity index (χ1n) is 6.09. The van der Waals surface area contributed by atoms with Crippen LogP contribution in [0, 0.1) is 6.92 Å². The highest BCUT2D eigenvalue weighted by atomic mass is 35.5. The van der Waals surface area contributed by atoms with Crippen molar-refractivity contribution in [2.24, 2.45) is 5.16 Å². The first-order chi connectivity index (χ1) is 10.2. The van der Waals surface area contributed by atoms with Crippen LogP contribution < -0.4 is 0 Å². The zero-order chi connectivity index (χ0) is 16.8. The Balaban J connectivity index is 0.000000220. The van der Waals surface area contributed by atoms with Gasteiger partial charge in [0, 0.05) is 11.8 Å². The minimum Gasteiger partial charge on any atom is -0.411 e. The van der Waals surface area contributed by atoms with Gasteiger partial charge in [-0.25, -0.2) is 4.98 Å². The molecule has 0 spiro atoms. The molecule has 1 heterocycles. The van der Waals surface area contributed by atoms with E-state index in [1.165, 1.54) is 12.1 Å². The number of aryl methyl sites for hydroxylation is 1. The Kier molecular flexibility index (Phi) is 6.48. The van der Waals surface area contributed by atoms with Crippen molar-refractivity contribution in [2.45, 2.75) is 18.7 Å². The zero-order valence-electron chi connectivity index (χ0n) is 11.9. The Hall–Kier alpha value is -1.96. The molecule has 0 unspecified atom stereocenters. The number of pyridine rings is 1. The smallest absolute Gasteiger partial charge is 0.294 e. The molecule has 2 aromatic rings. The molecule has 2 rings (SSSR count). The molecule has 8 heteroatoms. The van der Waals surface area contributed by atoms with E-state index in [9.17, 15) is 8.42 Å². The number of benzene rings is 1. The SMILES string of the molecule is C/C(=N\O)c1ccnc(Cl)c1.Cc1ccc(S(=O)(=O)O)cc1. The maximum absolute atomic E-state index is 10.5. The van der Waals surface area contributed by atoms with E-state index in [0.29, 0.717) is 10.9 Å². The van der Waals surface area contributed by atoms with Crippen LogP contribution in [-0.2, 0) is 10.1 Å². The molecule has 0 amide bonds. The number of oxime groups is 1. The quantitative estimate of drug-likeness (QED) is 0.287. The zero-order valence-corrected chi connectivity index (χ0v) is 13.5. The van der Waals surface area contributed by atoms with Gasteiger partial charge in [-0.15, -0.1) is 0 Å². The Morgan fingerprint density at radius 3 is 2.27 bits per heavy atom. The van der Waals surface area contributed by atoms with Gasteiger partial charge < -0.3 is 5.21 Å². The summed E-state index contributed by atoms with van der Waals surface area (Å²) in [5.41, 5.74) is 2.25. The molecule has 118 valence electrons. The van der Waals surface area contributed by atoms with Crippen LogP contribution in [0.2, 0.25) is 5.15 Å². The van der Waals surface area contributed by atoms with Crippen molar-refractivity contribution in [1.82, 2.24) is 4.98 Å².